The number of carbonyl (C=O) groups excluding carboxylic acids is 1. The third-order valence-corrected chi connectivity index (χ3v) is 6.17. The number of anilines is 2. The zero-order valence-electron chi connectivity index (χ0n) is 19.9. The van der Waals surface area contributed by atoms with Crippen LogP contribution in [0.25, 0.3) is 11.3 Å². The van der Waals surface area contributed by atoms with Crippen LogP contribution in [0.3, 0.4) is 0 Å². The molecular formula is C27H32N4O2. The smallest absolute Gasteiger partial charge is 0.262 e. The largest absolute Gasteiger partial charge is 0.483 e. The molecule has 0 unspecified atom stereocenters. The van der Waals surface area contributed by atoms with Crippen LogP contribution in [0.5, 0.6) is 5.75 Å². The van der Waals surface area contributed by atoms with E-state index in [9.17, 15) is 4.79 Å². The number of ether oxygens (including phenoxy) is 1. The van der Waals surface area contributed by atoms with Crippen LogP contribution >= 0.6 is 0 Å². The predicted molar refractivity (Wildman–Crippen MR) is 133 cm³/mol. The lowest BCUT2D eigenvalue weighted by Gasteiger charge is -2.30. The van der Waals surface area contributed by atoms with Crippen LogP contribution in [0.4, 0.5) is 11.5 Å². The van der Waals surface area contributed by atoms with Crippen molar-refractivity contribution in [2.24, 2.45) is 5.92 Å². The molecule has 2 aromatic carbocycles. The summed E-state index contributed by atoms with van der Waals surface area (Å²) in [6.45, 7) is 10.4. The number of nitrogens with one attached hydrogen (secondary N) is 1. The van der Waals surface area contributed by atoms with Crippen LogP contribution < -0.4 is 15.0 Å². The quantitative estimate of drug-likeness (QED) is 0.557. The van der Waals surface area contributed by atoms with Crippen molar-refractivity contribution in [1.82, 2.24) is 10.2 Å². The van der Waals surface area contributed by atoms with Crippen LogP contribution in [0.15, 0.2) is 48.5 Å². The molecule has 0 spiro atoms. The van der Waals surface area contributed by atoms with E-state index in [0.717, 1.165) is 58.6 Å². The van der Waals surface area contributed by atoms with Gasteiger partial charge in [-0.1, -0.05) is 36.8 Å². The van der Waals surface area contributed by atoms with Crippen molar-refractivity contribution in [3.8, 4) is 17.0 Å². The third kappa shape index (κ3) is 5.69. The van der Waals surface area contributed by atoms with E-state index in [0.29, 0.717) is 0 Å². The first kappa shape index (κ1) is 22.8. The number of benzene rings is 2. The molecule has 1 aromatic heterocycles. The van der Waals surface area contributed by atoms with E-state index in [1.807, 2.05) is 50.2 Å². The van der Waals surface area contributed by atoms with Gasteiger partial charge in [0.2, 0.25) is 0 Å². The molecule has 1 fully saturated rings. The molecule has 0 aliphatic carbocycles. The van der Waals surface area contributed by atoms with E-state index in [-0.39, 0.29) is 12.5 Å². The Hall–Kier alpha value is -3.41. The molecule has 0 radical (unpaired) electrons. The Kier molecular flexibility index (Phi) is 6.92. The molecule has 4 rings (SSSR count). The Morgan fingerprint density at radius 1 is 1.00 bits per heavy atom. The van der Waals surface area contributed by atoms with Gasteiger partial charge in [-0.25, -0.2) is 0 Å². The molecule has 1 amide bonds. The fourth-order valence-corrected chi connectivity index (χ4v) is 4.34. The maximum absolute atomic E-state index is 12.4. The maximum atomic E-state index is 12.4. The number of amides is 1. The van der Waals surface area contributed by atoms with Crippen LogP contribution in [-0.2, 0) is 4.79 Å². The van der Waals surface area contributed by atoms with E-state index in [1.165, 1.54) is 18.4 Å². The topological polar surface area (TPSA) is 67.3 Å². The summed E-state index contributed by atoms with van der Waals surface area (Å²) in [6.07, 6.45) is 2.40. The number of piperidine rings is 1. The lowest BCUT2D eigenvalue weighted by atomic mass is 9.99. The SMILES string of the molecule is Cc1cc(C)c(OCC(=O)Nc2ccc(-c3ccc(N4CCC(C)CC4)nn3)cc2)c(C)c1. The van der Waals surface area contributed by atoms with Gasteiger partial charge in [0.25, 0.3) is 5.91 Å². The Balaban J connectivity index is 1.33. The molecule has 3 aromatic rings. The van der Waals surface area contributed by atoms with Crippen molar-refractivity contribution in [2.75, 3.05) is 29.9 Å². The van der Waals surface area contributed by atoms with Crippen molar-refractivity contribution < 1.29 is 9.53 Å². The van der Waals surface area contributed by atoms with Crippen LogP contribution in [-0.4, -0.2) is 35.8 Å². The van der Waals surface area contributed by atoms with Crippen LogP contribution in [0.2, 0.25) is 0 Å². The molecule has 1 aliphatic rings. The predicted octanol–water partition coefficient (Wildman–Crippen LogP) is 5.32. The van der Waals surface area contributed by atoms with Gasteiger partial charge in [-0.3, -0.25) is 4.79 Å². The number of rotatable bonds is 6. The Morgan fingerprint density at radius 3 is 2.27 bits per heavy atom. The van der Waals surface area contributed by atoms with Crippen molar-refractivity contribution in [2.45, 2.75) is 40.5 Å². The average Bonchev–Trinajstić information content (AvgIpc) is 2.79. The van der Waals surface area contributed by atoms with Gasteiger partial charge in [-0.15, -0.1) is 10.2 Å². The van der Waals surface area contributed by atoms with Crippen LogP contribution in [0, 0.1) is 26.7 Å². The molecule has 0 bridgehead atoms. The van der Waals surface area contributed by atoms with Gasteiger partial charge in [0.05, 0.1) is 5.69 Å². The fraction of sp³-hybridized carbons (Fsp3) is 0.370. The lowest BCUT2D eigenvalue weighted by Crippen LogP contribution is -2.33. The molecule has 6 heteroatoms. The van der Waals surface area contributed by atoms with E-state index in [4.69, 9.17) is 4.74 Å². The molecule has 0 saturated carbocycles. The highest BCUT2D eigenvalue weighted by Crippen LogP contribution is 2.25. The number of hydrogen-bond acceptors (Lipinski definition) is 5. The second kappa shape index (κ2) is 10.0. The molecule has 0 atom stereocenters. The molecule has 1 saturated heterocycles. The Morgan fingerprint density at radius 2 is 1.67 bits per heavy atom. The van der Waals surface area contributed by atoms with Gasteiger partial charge in [0.15, 0.2) is 12.4 Å². The van der Waals surface area contributed by atoms with Gasteiger partial charge >= 0.3 is 0 Å². The number of aryl methyl sites for hydroxylation is 3. The summed E-state index contributed by atoms with van der Waals surface area (Å²) in [5, 5.41) is 11.7. The normalized spacial score (nSPS) is 14.2. The average molecular weight is 445 g/mol. The summed E-state index contributed by atoms with van der Waals surface area (Å²) in [5.41, 5.74) is 5.74. The number of aromatic nitrogens is 2. The van der Waals surface area contributed by atoms with Gasteiger partial charge in [0, 0.05) is 24.3 Å². The summed E-state index contributed by atoms with van der Waals surface area (Å²) in [5.74, 6) is 2.30. The molecule has 2 heterocycles. The first-order valence-corrected chi connectivity index (χ1v) is 11.6. The fourth-order valence-electron chi connectivity index (χ4n) is 4.34. The maximum Gasteiger partial charge on any atom is 0.262 e. The second-order valence-corrected chi connectivity index (χ2v) is 9.09. The van der Waals surface area contributed by atoms with Crippen LogP contribution in [0.1, 0.15) is 36.5 Å². The first-order valence-electron chi connectivity index (χ1n) is 11.6. The number of carbonyl (C=O) groups is 1. The molecule has 6 nitrogen and oxygen atoms in total. The van der Waals surface area contributed by atoms with Gasteiger partial charge in [-0.2, -0.15) is 0 Å². The molecule has 1 aliphatic heterocycles. The standard InChI is InChI=1S/C27H32N4O2/c1-18-11-13-31(14-12-18)25-10-9-24(29-30-25)22-5-7-23(8-6-22)28-26(32)17-33-27-20(3)15-19(2)16-21(27)4/h5-10,15-16,18H,11-14,17H2,1-4H3,(H,28,32). The first-order chi connectivity index (χ1) is 15.9. The van der Waals surface area contributed by atoms with Gasteiger partial charge in [0.1, 0.15) is 5.75 Å². The van der Waals surface area contributed by atoms with Crippen molar-refractivity contribution in [3.63, 3.8) is 0 Å². The summed E-state index contributed by atoms with van der Waals surface area (Å²) in [7, 11) is 0. The number of hydrogen-bond donors (Lipinski definition) is 1. The molecule has 33 heavy (non-hydrogen) atoms. The second-order valence-electron chi connectivity index (χ2n) is 9.09. The van der Waals surface area contributed by atoms with E-state index in [1.54, 1.807) is 0 Å². The van der Waals surface area contributed by atoms with Gasteiger partial charge in [-0.05, 0) is 74.9 Å². The van der Waals surface area contributed by atoms with E-state index < -0.39 is 0 Å². The Labute approximate surface area is 196 Å². The number of nitrogens with zero attached hydrogens (tertiary/aromatic N) is 3. The van der Waals surface area contributed by atoms with Crippen molar-refractivity contribution in [1.29, 1.82) is 0 Å². The summed E-state index contributed by atoms with van der Waals surface area (Å²) >= 11 is 0. The highest BCUT2D eigenvalue weighted by Gasteiger charge is 2.17. The van der Waals surface area contributed by atoms with Crippen molar-refractivity contribution in [3.05, 3.63) is 65.2 Å². The zero-order valence-corrected chi connectivity index (χ0v) is 19.9. The van der Waals surface area contributed by atoms with Gasteiger partial charge < -0.3 is 15.0 Å². The highest BCUT2D eigenvalue weighted by molar-refractivity contribution is 5.92. The molecule has 172 valence electrons. The highest BCUT2D eigenvalue weighted by atomic mass is 16.5. The summed E-state index contributed by atoms with van der Waals surface area (Å²) in [6, 6.07) is 15.8. The minimum absolute atomic E-state index is 0.0330. The summed E-state index contributed by atoms with van der Waals surface area (Å²) in [4.78, 5) is 14.7. The molecule has 1 N–H and O–H groups in total. The minimum atomic E-state index is -0.192. The third-order valence-electron chi connectivity index (χ3n) is 6.17. The van der Waals surface area contributed by atoms with E-state index in [2.05, 4.69) is 46.4 Å². The monoisotopic (exact) mass is 444 g/mol. The zero-order chi connectivity index (χ0) is 23.4. The summed E-state index contributed by atoms with van der Waals surface area (Å²) < 4.78 is 5.78. The Bertz CT molecular complexity index is 1080. The lowest BCUT2D eigenvalue weighted by molar-refractivity contribution is -0.118. The molecular weight excluding hydrogens is 412 g/mol. The minimum Gasteiger partial charge on any atom is -0.483 e. The van der Waals surface area contributed by atoms with Crippen molar-refractivity contribution >= 4 is 17.4 Å². The van der Waals surface area contributed by atoms with E-state index >= 15 is 0 Å².